The first kappa shape index (κ1) is 19.5. The zero-order valence-corrected chi connectivity index (χ0v) is 17.8. The summed E-state index contributed by atoms with van der Waals surface area (Å²) < 4.78 is 1.12. The number of aryl methyl sites for hydroxylation is 4. The molecular formula is C22H27N3OS. The summed E-state index contributed by atoms with van der Waals surface area (Å²) >= 11 is 1.59. The quantitative estimate of drug-likeness (QED) is 0.640. The molecule has 3 rings (SSSR count). The molecule has 27 heavy (non-hydrogen) atoms. The molecule has 0 saturated carbocycles. The van der Waals surface area contributed by atoms with Crippen molar-refractivity contribution in [3.63, 3.8) is 0 Å². The lowest BCUT2D eigenvalue weighted by molar-refractivity contribution is 0.0984. The van der Waals surface area contributed by atoms with Crippen molar-refractivity contribution in [3.05, 3.63) is 58.1 Å². The van der Waals surface area contributed by atoms with Crippen molar-refractivity contribution in [2.75, 3.05) is 32.1 Å². The maximum Gasteiger partial charge on any atom is 0.260 e. The molecule has 5 heteroatoms. The van der Waals surface area contributed by atoms with Crippen molar-refractivity contribution >= 4 is 32.6 Å². The molecule has 0 spiro atoms. The van der Waals surface area contributed by atoms with Crippen molar-refractivity contribution in [1.29, 1.82) is 0 Å². The fraction of sp³-hybridized carbons (Fsp3) is 0.364. The molecule has 142 valence electrons. The van der Waals surface area contributed by atoms with Gasteiger partial charge in [-0.3, -0.25) is 9.69 Å². The molecule has 0 saturated heterocycles. The van der Waals surface area contributed by atoms with E-state index in [0.717, 1.165) is 38.6 Å². The van der Waals surface area contributed by atoms with Gasteiger partial charge in [0, 0.05) is 18.7 Å². The molecule has 2 aromatic carbocycles. The van der Waals surface area contributed by atoms with Crippen molar-refractivity contribution < 1.29 is 4.79 Å². The normalized spacial score (nSPS) is 11.4. The molecule has 0 radical (unpaired) electrons. The monoisotopic (exact) mass is 381 g/mol. The van der Waals surface area contributed by atoms with Crippen molar-refractivity contribution in [1.82, 2.24) is 9.88 Å². The molecule has 0 aliphatic heterocycles. The maximum absolute atomic E-state index is 13.4. The Kier molecular flexibility index (Phi) is 5.63. The Morgan fingerprint density at radius 1 is 1.00 bits per heavy atom. The predicted octanol–water partition coefficient (Wildman–Crippen LogP) is 4.74. The Balaban J connectivity index is 2.05. The van der Waals surface area contributed by atoms with E-state index < -0.39 is 0 Å². The van der Waals surface area contributed by atoms with Gasteiger partial charge in [0.2, 0.25) is 0 Å². The first-order valence-electron chi connectivity index (χ1n) is 9.18. The Labute approximate surface area is 165 Å². The number of benzene rings is 2. The molecule has 0 aliphatic carbocycles. The minimum atomic E-state index is 0.0165. The third-order valence-electron chi connectivity index (χ3n) is 4.93. The number of hydrogen-bond donors (Lipinski definition) is 0. The third-order valence-corrected chi connectivity index (χ3v) is 5.98. The van der Waals surface area contributed by atoms with Crippen molar-refractivity contribution in [2.24, 2.45) is 0 Å². The van der Waals surface area contributed by atoms with E-state index in [1.54, 1.807) is 11.3 Å². The molecule has 0 bridgehead atoms. The van der Waals surface area contributed by atoms with Gasteiger partial charge in [0.05, 0.1) is 10.2 Å². The van der Waals surface area contributed by atoms with Crippen LogP contribution in [0.15, 0.2) is 30.3 Å². The second-order valence-electron chi connectivity index (χ2n) is 7.43. The number of thiazole rings is 1. The van der Waals surface area contributed by atoms with Gasteiger partial charge in [0.25, 0.3) is 5.91 Å². The minimum Gasteiger partial charge on any atom is -0.308 e. The summed E-state index contributed by atoms with van der Waals surface area (Å²) in [5.41, 5.74) is 6.31. The van der Waals surface area contributed by atoms with Crippen molar-refractivity contribution in [2.45, 2.75) is 27.7 Å². The van der Waals surface area contributed by atoms with E-state index >= 15 is 0 Å². The molecule has 0 atom stereocenters. The van der Waals surface area contributed by atoms with Crippen LogP contribution in [0.3, 0.4) is 0 Å². The van der Waals surface area contributed by atoms with E-state index in [-0.39, 0.29) is 5.91 Å². The van der Waals surface area contributed by atoms with E-state index in [1.165, 1.54) is 11.1 Å². The van der Waals surface area contributed by atoms with Crippen LogP contribution in [-0.4, -0.2) is 43.0 Å². The molecule has 0 fully saturated rings. The van der Waals surface area contributed by atoms with Gasteiger partial charge < -0.3 is 4.90 Å². The number of hydrogen-bond acceptors (Lipinski definition) is 4. The number of rotatable bonds is 5. The second kappa shape index (κ2) is 7.79. The summed E-state index contributed by atoms with van der Waals surface area (Å²) in [5.74, 6) is 0.0165. The number of anilines is 1. The van der Waals surface area contributed by atoms with Gasteiger partial charge in [0.15, 0.2) is 5.13 Å². The number of nitrogens with zero attached hydrogens (tertiary/aromatic N) is 3. The van der Waals surface area contributed by atoms with E-state index in [9.17, 15) is 4.79 Å². The Hall–Kier alpha value is -2.24. The van der Waals surface area contributed by atoms with Crippen LogP contribution in [0.2, 0.25) is 0 Å². The van der Waals surface area contributed by atoms with Gasteiger partial charge in [-0.25, -0.2) is 4.98 Å². The summed E-state index contributed by atoms with van der Waals surface area (Å²) in [6.45, 7) is 9.62. The first-order valence-corrected chi connectivity index (χ1v) is 10.00. The smallest absolute Gasteiger partial charge is 0.260 e. The molecule has 0 unspecified atom stereocenters. The SMILES string of the molecule is Cc1ccc(C(=O)N(CCN(C)C)c2nc3c(C)c(C)ccc3s2)c(C)c1. The largest absolute Gasteiger partial charge is 0.308 e. The zero-order valence-electron chi connectivity index (χ0n) is 17.0. The van der Waals surface area contributed by atoms with Crippen molar-refractivity contribution in [3.8, 4) is 0 Å². The van der Waals surface area contributed by atoms with E-state index in [4.69, 9.17) is 4.98 Å². The van der Waals surface area contributed by atoms with E-state index in [0.29, 0.717) is 6.54 Å². The summed E-state index contributed by atoms with van der Waals surface area (Å²) in [7, 11) is 4.04. The molecule has 1 aromatic heterocycles. The number of amides is 1. The average Bonchev–Trinajstić information content (AvgIpc) is 3.02. The molecular weight excluding hydrogens is 354 g/mol. The minimum absolute atomic E-state index is 0.0165. The number of aromatic nitrogens is 1. The lowest BCUT2D eigenvalue weighted by atomic mass is 10.0. The number of carbonyl (C=O) groups is 1. The summed E-state index contributed by atoms with van der Waals surface area (Å²) in [6, 6.07) is 10.2. The molecule has 1 amide bonds. The number of fused-ring (bicyclic) bond motifs is 1. The maximum atomic E-state index is 13.4. The van der Waals surface area contributed by atoms with E-state index in [1.807, 2.05) is 45.0 Å². The molecule has 4 nitrogen and oxygen atoms in total. The zero-order chi connectivity index (χ0) is 19.7. The number of carbonyl (C=O) groups excluding carboxylic acids is 1. The predicted molar refractivity (Wildman–Crippen MR) is 115 cm³/mol. The molecule has 3 aromatic rings. The van der Waals surface area contributed by atoms with Gasteiger partial charge in [-0.15, -0.1) is 0 Å². The topological polar surface area (TPSA) is 36.4 Å². The molecule has 1 heterocycles. The number of likely N-dealkylation sites (N-methyl/N-ethyl adjacent to an activating group) is 1. The van der Waals surface area contributed by atoms with Gasteiger partial charge in [0.1, 0.15) is 0 Å². The van der Waals surface area contributed by atoms with Gasteiger partial charge in [-0.1, -0.05) is 35.1 Å². The van der Waals surface area contributed by atoms with Crippen LogP contribution in [0.25, 0.3) is 10.2 Å². The van der Waals surface area contributed by atoms with Crippen LogP contribution in [-0.2, 0) is 0 Å². The first-order chi connectivity index (χ1) is 12.8. The van der Waals surface area contributed by atoms with E-state index in [2.05, 4.69) is 36.9 Å². The molecule has 0 aliphatic rings. The van der Waals surface area contributed by atoms with Crippen LogP contribution in [0.5, 0.6) is 0 Å². The Morgan fingerprint density at radius 2 is 1.74 bits per heavy atom. The summed E-state index contributed by atoms with van der Waals surface area (Å²) in [6.07, 6.45) is 0. The Morgan fingerprint density at radius 3 is 2.41 bits per heavy atom. The highest BCUT2D eigenvalue weighted by Gasteiger charge is 2.23. The fourth-order valence-electron chi connectivity index (χ4n) is 3.11. The molecule has 0 N–H and O–H groups in total. The third kappa shape index (κ3) is 4.04. The average molecular weight is 382 g/mol. The van der Waals surface area contributed by atoms with Crippen LogP contribution in [0.4, 0.5) is 5.13 Å². The summed E-state index contributed by atoms with van der Waals surface area (Å²) in [5, 5.41) is 0.769. The lowest BCUT2D eigenvalue weighted by Gasteiger charge is -2.23. The van der Waals surface area contributed by atoms with Gasteiger partial charge in [-0.05, 0) is 70.6 Å². The standard InChI is InChI=1S/C22H27N3OS/c1-14-7-9-18(16(3)13-14)21(26)25(12-11-24(5)6)22-23-20-17(4)15(2)8-10-19(20)27-22/h7-10,13H,11-12H2,1-6H3. The summed E-state index contributed by atoms with van der Waals surface area (Å²) in [4.78, 5) is 22.2. The van der Waals surface area contributed by atoms with Crippen LogP contribution in [0.1, 0.15) is 32.6 Å². The highest BCUT2D eigenvalue weighted by atomic mass is 32.1. The van der Waals surface area contributed by atoms with Crippen LogP contribution >= 0.6 is 11.3 Å². The van der Waals surface area contributed by atoms with Crippen LogP contribution in [0, 0.1) is 27.7 Å². The highest BCUT2D eigenvalue weighted by Crippen LogP contribution is 2.32. The second-order valence-corrected chi connectivity index (χ2v) is 8.44. The lowest BCUT2D eigenvalue weighted by Crippen LogP contribution is -2.37. The van der Waals surface area contributed by atoms with Gasteiger partial charge in [-0.2, -0.15) is 0 Å². The Bertz CT molecular complexity index is 991. The highest BCUT2D eigenvalue weighted by molar-refractivity contribution is 7.22. The van der Waals surface area contributed by atoms with Gasteiger partial charge >= 0.3 is 0 Å². The van der Waals surface area contributed by atoms with Crippen LogP contribution < -0.4 is 4.90 Å². The fourth-order valence-corrected chi connectivity index (χ4v) is 4.16.